The Morgan fingerprint density at radius 2 is 1.86 bits per heavy atom. The largest absolute Gasteiger partial charge is 0.462 e. The molecule has 29 heavy (non-hydrogen) atoms. The molecule has 0 saturated carbocycles. The van der Waals surface area contributed by atoms with Crippen molar-refractivity contribution in [2.75, 3.05) is 11.9 Å². The third-order valence-electron chi connectivity index (χ3n) is 3.99. The Morgan fingerprint density at radius 1 is 1.10 bits per heavy atom. The molecule has 0 aliphatic carbocycles. The number of thiophene rings is 2. The lowest BCUT2D eigenvalue weighted by Gasteiger charge is -2.07. The topological polar surface area (TPSA) is 69.0 Å². The standard InChI is InChI=1S/C21H20N4O2S2/c1-14(2)13-27-21-23-19(17-5-3-11-28-17)25(24-21)16-9-7-15(8-10-16)22-20(26)18-6-4-12-29-18/h3-12,14H,13H2,1-2H3,(H,22,26). The van der Waals surface area contributed by atoms with E-state index < -0.39 is 0 Å². The number of nitrogens with one attached hydrogen (secondary N) is 1. The van der Waals surface area contributed by atoms with E-state index in [1.807, 2.05) is 53.2 Å². The van der Waals surface area contributed by atoms with E-state index in [1.54, 1.807) is 22.1 Å². The molecule has 0 spiro atoms. The van der Waals surface area contributed by atoms with Crippen LogP contribution >= 0.6 is 22.7 Å². The lowest BCUT2D eigenvalue weighted by Crippen LogP contribution is -2.10. The molecule has 0 atom stereocenters. The van der Waals surface area contributed by atoms with Crippen LogP contribution in [0.15, 0.2) is 59.3 Å². The van der Waals surface area contributed by atoms with E-state index in [2.05, 4.69) is 29.2 Å². The van der Waals surface area contributed by atoms with Gasteiger partial charge < -0.3 is 10.1 Å². The monoisotopic (exact) mass is 424 g/mol. The highest BCUT2D eigenvalue weighted by Gasteiger charge is 2.16. The highest BCUT2D eigenvalue weighted by Crippen LogP contribution is 2.28. The molecule has 1 amide bonds. The van der Waals surface area contributed by atoms with Crippen LogP contribution in [0.25, 0.3) is 16.4 Å². The Bertz CT molecular complexity index is 1070. The Labute approximate surface area is 176 Å². The lowest BCUT2D eigenvalue weighted by atomic mass is 10.2. The predicted octanol–water partition coefficient (Wildman–Crippen LogP) is 5.34. The lowest BCUT2D eigenvalue weighted by molar-refractivity contribution is 0.103. The molecule has 0 saturated heterocycles. The summed E-state index contributed by atoms with van der Waals surface area (Å²) in [6.45, 7) is 4.72. The van der Waals surface area contributed by atoms with Crippen LogP contribution in [-0.2, 0) is 0 Å². The molecule has 3 heterocycles. The number of anilines is 1. The zero-order valence-electron chi connectivity index (χ0n) is 16.0. The van der Waals surface area contributed by atoms with Crippen LogP contribution in [0.1, 0.15) is 23.5 Å². The smallest absolute Gasteiger partial charge is 0.336 e. The van der Waals surface area contributed by atoms with Gasteiger partial charge in [0.1, 0.15) is 0 Å². The number of carbonyl (C=O) groups excluding carboxylic acids is 1. The summed E-state index contributed by atoms with van der Waals surface area (Å²) in [5.74, 6) is 1.00. The number of hydrogen-bond acceptors (Lipinski definition) is 6. The number of benzene rings is 1. The minimum Gasteiger partial charge on any atom is -0.462 e. The normalized spacial score (nSPS) is 11.0. The summed E-state index contributed by atoms with van der Waals surface area (Å²) in [4.78, 5) is 18.5. The summed E-state index contributed by atoms with van der Waals surface area (Å²) in [5.41, 5.74) is 1.57. The van der Waals surface area contributed by atoms with Gasteiger partial charge in [-0.2, -0.15) is 4.98 Å². The van der Waals surface area contributed by atoms with Crippen molar-refractivity contribution in [1.29, 1.82) is 0 Å². The average Bonchev–Trinajstić information content (AvgIpc) is 3.48. The van der Waals surface area contributed by atoms with E-state index in [0.717, 1.165) is 22.1 Å². The van der Waals surface area contributed by atoms with Gasteiger partial charge in [-0.3, -0.25) is 4.79 Å². The summed E-state index contributed by atoms with van der Waals surface area (Å²) < 4.78 is 7.50. The van der Waals surface area contributed by atoms with Gasteiger partial charge in [-0.1, -0.05) is 26.0 Å². The van der Waals surface area contributed by atoms with Crippen molar-refractivity contribution >= 4 is 34.3 Å². The fourth-order valence-electron chi connectivity index (χ4n) is 2.63. The van der Waals surface area contributed by atoms with Crippen molar-refractivity contribution in [3.8, 4) is 22.4 Å². The molecular formula is C21H20N4O2S2. The number of nitrogens with zero attached hydrogens (tertiary/aromatic N) is 3. The Hall–Kier alpha value is -2.97. The van der Waals surface area contributed by atoms with E-state index >= 15 is 0 Å². The van der Waals surface area contributed by atoms with Gasteiger partial charge in [0.2, 0.25) is 0 Å². The van der Waals surface area contributed by atoms with Crippen molar-refractivity contribution < 1.29 is 9.53 Å². The summed E-state index contributed by atoms with van der Waals surface area (Å²) in [7, 11) is 0. The first kappa shape index (κ1) is 19.4. The molecule has 0 fully saturated rings. The van der Waals surface area contributed by atoms with Crippen LogP contribution < -0.4 is 10.1 Å². The molecule has 0 radical (unpaired) electrons. The quantitative estimate of drug-likeness (QED) is 0.434. The molecule has 1 aromatic carbocycles. The van der Waals surface area contributed by atoms with Gasteiger partial charge in [-0.05, 0) is 53.1 Å². The van der Waals surface area contributed by atoms with Gasteiger partial charge in [0.15, 0.2) is 5.82 Å². The molecule has 0 aliphatic heterocycles. The molecule has 3 aromatic heterocycles. The molecule has 1 N–H and O–H groups in total. The first-order valence-electron chi connectivity index (χ1n) is 9.19. The Balaban J connectivity index is 1.59. The van der Waals surface area contributed by atoms with Gasteiger partial charge in [0.05, 0.1) is 22.0 Å². The number of carbonyl (C=O) groups is 1. The van der Waals surface area contributed by atoms with Crippen LogP contribution in [-0.4, -0.2) is 27.3 Å². The van der Waals surface area contributed by atoms with Crippen molar-refractivity contribution in [2.24, 2.45) is 5.92 Å². The van der Waals surface area contributed by atoms with E-state index in [-0.39, 0.29) is 5.91 Å². The number of rotatable bonds is 7. The Morgan fingerprint density at radius 3 is 2.52 bits per heavy atom. The number of amides is 1. The second-order valence-corrected chi connectivity index (χ2v) is 8.69. The Kier molecular flexibility index (Phi) is 5.73. The molecule has 4 rings (SSSR count). The third kappa shape index (κ3) is 4.55. The van der Waals surface area contributed by atoms with Gasteiger partial charge in [0, 0.05) is 5.69 Å². The zero-order chi connectivity index (χ0) is 20.2. The maximum absolute atomic E-state index is 12.2. The second kappa shape index (κ2) is 8.59. The van der Waals surface area contributed by atoms with Crippen molar-refractivity contribution in [3.63, 3.8) is 0 Å². The molecule has 148 valence electrons. The van der Waals surface area contributed by atoms with Crippen molar-refractivity contribution in [2.45, 2.75) is 13.8 Å². The molecule has 0 aliphatic rings. The van der Waals surface area contributed by atoms with Gasteiger partial charge in [-0.25, -0.2) is 4.68 Å². The summed E-state index contributed by atoms with van der Waals surface area (Å²) in [6.07, 6.45) is 0. The van der Waals surface area contributed by atoms with Crippen LogP contribution in [0.5, 0.6) is 6.01 Å². The highest BCUT2D eigenvalue weighted by molar-refractivity contribution is 7.13. The summed E-state index contributed by atoms with van der Waals surface area (Å²) in [5, 5.41) is 11.3. The molecule has 0 unspecified atom stereocenters. The molecular weight excluding hydrogens is 404 g/mol. The molecule has 0 bridgehead atoms. The van der Waals surface area contributed by atoms with Crippen LogP contribution in [0.2, 0.25) is 0 Å². The van der Waals surface area contributed by atoms with Crippen LogP contribution in [0, 0.1) is 5.92 Å². The van der Waals surface area contributed by atoms with Gasteiger partial charge in [0.25, 0.3) is 5.91 Å². The fourth-order valence-corrected chi connectivity index (χ4v) is 3.94. The minimum atomic E-state index is -0.114. The zero-order valence-corrected chi connectivity index (χ0v) is 17.7. The highest BCUT2D eigenvalue weighted by atomic mass is 32.1. The molecule has 6 nitrogen and oxygen atoms in total. The summed E-state index contributed by atoms with van der Waals surface area (Å²) >= 11 is 3.01. The van der Waals surface area contributed by atoms with Gasteiger partial charge in [-0.15, -0.1) is 27.8 Å². The fraction of sp³-hybridized carbons (Fsp3) is 0.190. The van der Waals surface area contributed by atoms with Crippen molar-refractivity contribution in [1.82, 2.24) is 14.8 Å². The second-order valence-electron chi connectivity index (χ2n) is 6.79. The minimum absolute atomic E-state index is 0.114. The number of aromatic nitrogens is 3. The van der Waals surface area contributed by atoms with Crippen molar-refractivity contribution in [3.05, 3.63) is 64.2 Å². The molecule has 4 aromatic rings. The summed E-state index contributed by atoms with van der Waals surface area (Å²) in [6, 6.07) is 15.5. The maximum Gasteiger partial charge on any atom is 0.336 e. The van der Waals surface area contributed by atoms with E-state index in [9.17, 15) is 4.79 Å². The average molecular weight is 425 g/mol. The van der Waals surface area contributed by atoms with E-state index in [4.69, 9.17) is 4.74 Å². The first-order chi connectivity index (χ1) is 14.1. The van der Waals surface area contributed by atoms with Crippen LogP contribution in [0.4, 0.5) is 5.69 Å². The first-order valence-corrected chi connectivity index (χ1v) is 10.9. The van der Waals surface area contributed by atoms with Crippen LogP contribution in [0.3, 0.4) is 0 Å². The third-order valence-corrected chi connectivity index (χ3v) is 5.72. The number of ether oxygens (including phenoxy) is 1. The molecule has 8 heteroatoms. The maximum atomic E-state index is 12.2. The van der Waals surface area contributed by atoms with E-state index in [1.165, 1.54) is 11.3 Å². The SMILES string of the molecule is CC(C)COc1nc(-c2cccs2)n(-c2ccc(NC(=O)c3cccs3)cc2)n1. The van der Waals surface area contributed by atoms with E-state index in [0.29, 0.717) is 23.4 Å². The van der Waals surface area contributed by atoms with Gasteiger partial charge >= 0.3 is 6.01 Å². The predicted molar refractivity (Wildman–Crippen MR) is 117 cm³/mol. The number of hydrogen-bond donors (Lipinski definition) is 1.